The van der Waals surface area contributed by atoms with E-state index in [-0.39, 0.29) is 5.91 Å². The van der Waals surface area contributed by atoms with Crippen molar-refractivity contribution in [2.24, 2.45) is 0 Å². The van der Waals surface area contributed by atoms with Gasteiger partial charge in [-0.25, -0.2) is 4.98 Å². The van der Waals surface area contributed by atoms with Gasteiger partial charge in [0.05, 0.1) is 5.69 Å². The average Bonchev–Trinajstić information content (AvgIpc) is 3.04. The molecule has 2 aromatic heterocycles. The molecule has 1 aromatic carbocycles. The second-order valence-corrected chi connectivity index (χ2v) is 6.25. The van der Waals surface area contributed by atoms with Crippen LogP contribution in [0.4, 0.5) is 5.13 Å². The van der Waals surface area contributed by atoms with E-state index >= 15 is 0 Å². The quantitative estimate of drug-likeness (QED) is 0.739. The third-order valence-corrected chi connectivity index (χ3v) is 4.13. The number of amides is 1. The summed E-state index contributed by atoms with van der Waals surface area (Å²) in [5.74, 6) is 0.260. The zero-order chi connectivity index (χ0) is 16.9. The highest BCUT2D eigenvalue weighted by molar-refractivity contribution is 7.14. The van der Waals surface area contributed by atoms with Crippen LogP contribution in [0.25, 0.3) is 11.4 Å². The molecule has 122 valence electrons. The number of carbonyl (C=O) groups is 1. The van der Waals surface area contributed by atoms with Crippen molar-refractivity contribution in [3.05, 3.63) is 59.1 Å². The first kappa shape index (κ1) is 16.4. The monoisotopic (exact) mass is 359 g/mol. The topological polar surface area (TPSA) is 64.1 Å². The Morgan fingerprint density at radius 2 is 2.12 bits per heavy atom. The number of carbonyl (C=O) groups excluding carboxylic acids is 1. The number of rotatable bonds is 5. The summed E-state index contributed by atoms with van der Waals surface area (Å²) in [6.45, 7) is 1.67. The molecule has 0 spiro atoms. The minimum absolute atomic E-state index is 0.281. The van der Waals surface area contributed by atoms with Gasteiger partial charge in [0, 0.05) is 16.6 Å². The normalized spacial score (nSPS) is 11.8. The van der Waals surface area contributed by atoms with Crippen molar-refractivity contribution in [2.75, 3.05) is 5.32 Å². The summed E-state index contributed by atoms with van der Waals surface area (Å²) < 4.78 is 5.59. The van der Waals surface area contributed by atoms with Crippen molar-refractivity contribution in [3.63, 3.8) is 0 Å². The molecule has 24 heavy (non-hydrogen) atoms. The van der Waals surface area contributed by atoms with Crippen LogP contribution in [-0.2, 0) is 4.79 Å². The first-order valence-electron chi connectivity index (χ1n) is 7.22. The van der Waals surface area contributed by atoms with Crippen molar-refractivity contribution in [3.8, 4) is 17.1 Å². The molecule has 3 aromatic rings. The number of hydrogen-bond acceptors (Lipinski definition) is 5. The first-order chi connectivity index (χ1) is 11.6. The van der Waals surface area contributed by atoms with E-state index in [0.717, 1.165) is 11.4 Å². The number of ether oxygens (including phenoxy) is 1. The molecule has 0 radical (unpaired) electrons. The Bertz CT molecular complexity index is 839. The smallest absolute Gasteiger partial charge is 0.266 e. The van der Waals surface area contributed by atoms with Gasteiger partial charge >= 0.3 is 0 Å². The highest BCUT2D eigenvalue weighted by Gasteiger charge is 2.17. The van der Waals surface area contributed by atoms with Crippen molar-refractivity contribution in [2.45, 2.75) is 13.0 Å². The van der Waals surface area contributed by atoms with E-state index in [2.05, 4.69) is 15.3 Å². The van der Waals surface area contributed by atoms with Gasteiger partial charge in [0.2, 0.25) is 0 Å². The average molecular weight is 360 g/mol. The maximum Gasteiger partial charge on any atom is 0.266 e. The number of thiazole rings is 1. The number of halogens is 1. The van der Waals surface area contributed by atoms with E-state index < -0.39 is 6.10 Å². The molecule has 2 heterocycles. The van der Waals surface area contributed by atoms with Gasteiger partial charge < -0.3 is 4.74 Å². The second kappa shape index (κ2) is 7.42. The fraction of sp³-hybridized carbons (Fsp3) is 0.118. The van der Waals surface area contributed by atoms with Crippen LogP contribution < -0.4 is 10.1 Å². The molecule has 0 aliphatic rings. The van der Waals surface area contributed by atoms with Crippen molar-refractivity contribution < 1.29 is 9.53 Å². The fourth-order valence-corrected chi connectivity index (χ4v) is 2.86. The van der Waals surface area contributed by atoms with Crippen LogP contribution >= 0.6 is 22.9 Å². The second-order valence-electron chi connectivity index (χ2n) is 4.96. The largest absolute Gasteiger partial charge is 0.481 e. The molecule has 1 N–H and O–H groups in total. The number of benzene rings is 1. The van der Waals surface area contributed by atoms with E-state index in [1.807, 2.05) is 23.6 Å². The maximum atomic E-state index is 12.2. The molecule has 1 atom stereocenters. The van der Waals surface area contributed by atoms with Gasteiger partial charge in [-0.1, -0.05) is 23.7 Å². The summed E-state index contributed by atoms with van der Waals surface area (Å²) in [6, 6.07) is 12.5. The van der Waals surface area contributed by atoms with E-state index in [9.17, 15) is 4.79 Å². The van der Waals surface area contributed by atoms with Gasteiger partial charge in [-0.05, 0) is 37.3 Å². The van der Waals surface area contributed by atoms with Gasteiger partial charge in [-0.15, -0.1) is 11.3 Å². The standard InChI is InChI=1S/C17H14ClN3O2S/c1-11(23-13-6-4-5-12(18)9-13)16(22)21-17-20-15(10-24-17)14-7-2-3-8-19-14/h2-11H,1H3,(H,20,21,22)/t11-/m1/s1. The van der Waals surface area contributed by atoms with Gasteiger partial charge in [-0.2, -0.15) is 0 Å². The molecule has 0 unspecified atom stereocenters. The lowest BCUT2D eigenvalue weighted by atomic mass is 10.3. The summed E-state index contributed by atoms with van der Waals surface area (Å²) in [4.78, 5) is 20.8. The lowest BCUT2D eigenvalue weighted by molar-refractivity contribution is -0.122. The maximum absolute atomic E-state index is 12.2. The molecule has 3 rings (SSSR count). The van der Waals surface area contributed by atoms with E-state index in [4.69, 9.17) is 16.3 Å². The van der Waals surface area contributed by atoms with Crippen LogP contribution in [0.15, 0.2) is 54.0 Å². The Labute approximate surface area is 148 Å². The number of anilines is 1. The fourth-order valence-electron chi connectivity index (χ4n) is 1.97. The molecule has 5 nitrogen and oxygen atoms in total. The molecule has 0 aliphatic heterocycles. The molecule has 0 saturated heterocycles. The van der Waals surface area contributed by atoms with Crippen LogP contribution in [0.1, 0.15) is 6.92 Å². The highest BCUT2D eigenvalue weighted by atomic mass is 35.5. The Kier molecular flexibility index (Phi) is 5.08. The molecular formula is C17H14ClN3O2S. The zero-order valence-electron chi connectivity index (χ0n) is 12.8. The summed E-state index contributed by atoms with van der Waals surface area (Å²) in [6.07, 6.45) is 1.03. The van der Waals surface area contributed by atoms with E-state index in [1.165, 1.54) is 11.3 Å². The van der Waals surface area contributed by atoms with Crippen LogP contribution in [-0.4, -0.2) is 22.0 Å². The van der Waals surface area contributed by atoms with Crippen LogP contribution in [0.3, 0.4) is 0 Å². The summed E-state index contributed by atoms with van der Waals surface area (Å²) >= 11 is 7.24. The lowest BCUT2D eigenvalue weighted by Crippen LogP contribution is -2.30. The van der Waals surface area contributed by atoms with Gasteiger partial charge in [0.25, 0.3) is 5.91 Å². The Hall–Kier alpha value is -2.44. The molecular weight excluding hydrogens is 346 g/mol. The molecule has 0 bridgehead atoms. The van der Waals surface area contributed by atoms with E-state index in [0.29, 0.717) is 15.9 Å². The molecule has 1 amide bonds. The number of pyridine rings is 1. The highest BCUT2D eigenvalue weighted by Crippen LogP contribution is 2.24. The molecule has 0 aliphatic carbocycles. The van der Waals surface area contributed by atoms with E-state index in [1.54, 1.807) is 37.4 Å². The minimum atomic E-state index is -0.675. The van der Waals surface area contributed by atoms with Gasteiger partial charge in [0.15, 0.2) is 11.2 Å². The minimum Gasteiger partial charge on any atom is -0.481 e. The summed E-state index contributed by atoms with van der Waals surface area (Å²) in [5, 5.41) is 5.65. The Morgan fingerprint density at radius 3 is 2.88 bits per heavy atom. The van der Waals surface area contributed by atoms with Crippen molar-refractivity contribution in [1.82, 2.24) is 9.97 Å². The molecule has 0 saturated carbocycles. The van der Waals surface area contributed by atoms with Crippen LogP contribution in [0.5, 0.6) is 5.75 Å². The SMILES string of the molecule is C[C@@H](Oc1cccc(Cl)c1)C(=O)Nc1nc(-c2ccccn2)cs1. The predicted molar refractivity (Wildman–Crippen MR) is 95.5 cm³/mol. The number of nitrogens with zero attached hydrogens (tertiary/aromatic N) is 2. The number of hydrogen-bond donors (Lipinski definition) is 1. The van der Waals surface area contributed by atoms with Crippen LogP contribution in [0.2, 0.25) is 5.02 Å². The molecule has 7 heteroatoms. The zero-order valence-corrected chi connectivity index (χ0v) is 14.3. The Balaban J connectivity index is 1.63. The third-order valence-electron chi connectivity index (χ3n) is 3.14. The van der Waals surface area contributed by atoms with Crippen molar-refractivity contribution >= 4 is 34.0 Å². The first-order valence-corrected chi connectivity index (χ1v) is 8.47. The lowest BCUT2D eigenvalue weighted by Gasteiger charge is -2.13. The van der Waals surface area contributed by atoms with Gasteiger partial charge in [0.1, 0.15) is 11.4 Å². The Morgan fingerprint density at radius 1 is 1.25 bits per heavy atom. The third kappa shape index (κ3) is 4.10. The summed E-state index contributed by atoms with van der Waals surface area (Å²) in [5.41, 5.74) is 1.48. The van der Waals surface area contributed by atoms with Crippen molar-refractivity contribution in [1.29, 1.82) is 0 Å². The molecule has 0 fully saturated rings. The predicted octanol–water partition coefficient (Wildman–Crippen LogP) is 4.26. The van der Waals surface area contributed by atoms with Crippen LogP contribution in [0, 0.1) is 0 Å². The number of nitrogens with one attached hydrogen (secondary N) is 1. The van der Waals surface area contributed by atoms with Gasteiger partial charge in [-0.3, -0.25) is 15.1 Å². The summed E-state index contributed by atoms with van der Waals surface area (Å²) in [7, 11) is 0. The number of aromatic nitrogens is 2.